The number of carbonyl (C=O) groups is 1. The summed E-state index contributed by atoms with van der Waals surface area (Å²) in [7, 11) is 0. The second kappa shape index (κ2) is 6.55. The van der Waals surface area contributed by atoms with E-state index in [1.54, 1.807) is 19.1 Å². The third kappa shape index (κ3) is 3.22. The molecular formula is C18H21FN4O. The Bertz CT molecular complexity index is 756. The minimum absolute atomic E-state index is 0.149. The Morgan fingerprint density at radius 2 is 2.12 bits per heavy atom. The molecule has 1 aliphatic carbocycles. The Morgan fingerprint density at radius 3 is 2.79 bits per heavy atom. The summed E-state index contributed by atoms with van der Waals surface area (Å²) in [6.45, 7) is 2.20. The Labute approximate surface area is 140 Å². The molecule has 1 heterocycles. The van der Waals surface area contributed by atoms with Crippen molar-refractivity contribution in [1.82, 2.24) is 15.3 Å². The van der Waals surface area contributed by atoms with Crippen LogP contribution in [0.15, 0.2) is 30.5 Å². The molecule has 5 nitrogen and oxygen atoms in total. The van der Waals surface area contributed by atoms with E-state index in [1.165, 1.54) is 12.3 Å². The number of anilines is 1. The van der Waals surface area contributed by atoms with Gasteiger partial charge in [0, 0.05) is 18.2 Å². The van der Waals surface area contributed by atoms with Gasteiger partial charge < -0.3 is 11.1 Å². The smallest absolute Gasteiger partial charge is 0.254 e. The maximum absolute atomic E-state index is 13.6. The average Bonchev–Trinajstić information content (AvgIpc) is 3.03. The molecule has 1 aromatic heterocycles. The molecule has 0 aliphatic heterocycles. The highest BCUT2D eigenvalue weighted by atomic mass is 19.1. The Kier molecular flexibility index (Phi) is 4.46. The first-order chi connectivity index (χ1) is 11.5. The molecule has 3 N–H and O–H groups in total. The van der Waals surface area contributed by atoms with Gasteiger partial charge in [0.2, 0.25) is 5.95 Å². The topological polar surface area (TPSA) is 80.9 Å². The van der Waals surface area contributed by atoms with E-state index in [0.29, 0.717) is 17.8 Å². The third-order valence-electron chi connectivity index (χ3n) is 4.83. The first-order valence-corrected chi connectivity index (χ1v) is 8.14. The Hall–Kier alpha value is -2.50. The zero-order valence-electron chi connectivity index (χ0n) is 13.7. The predicted molar refractivity (Wildman–Crippen MR) is 90.1 cm³/mol. The van der Waals surface area contributed by atoms with E-state index in [2.05, 4.69) is 15.3 Å². The molecule has 0 unspecified atom stereocenters. The van der Waals surface area contributed by atoms with Crippen molar-refractivity contribution in [2.45, 2.75) is 38.0 Å². The van der Waals surface area contributed by atoms with Crippen LogP contribution in [0.5, 0.6) is 0 Å². The third-order valence-corrected chi connectivity index (χ3v) is 4.83. The number of hydrogen-bond acceptors (Lipinski definition) is 4. The SMILES string of the molecule is Cc1nc(N)ncc1C(=O)NCC1(c2cccc(F)c2)CCCC1. The van der Waals surface area contributed by atoms with Crippen molar-refractivity contribution in [2.24, 2.45) is 0 Å². The van der Waals surface area contributed by atoms with Gasteiger partial charge in [-0.2, -0.15) is 0 Å². The van der Waals surface area contributed by atoms with Crippen molar-refractivity contribution in [3.8, 4) is 0 Å². The second-order valence-electron chi connectivity index (χ2n) is 6.41. The van der Waals surface area contributed by atoms with E-state index in [9.17, 15) is 9.18 Å². The predicted octanol–water partition coefficient (Wildman–Crippen LogP) is 2.75. The van der Waals surface area contributed by atoms with Crippen molar-refractivity contribution < 1.29 is 9.18 Å². The van der Waals surface area contributed by atoms with Gasteiger partial charge in [0.05, 0.1) is 11.3 Å². The van der Waals surface area contributed by atoms with E-state index in [0.717, 1.165) is 31.2 Å². The Balaban J connectivity index is 1.78. The molecule has 1 aromatic carbocycles. The molecule has 0 saturated heterocycles. The summed E-state index contributed by atoms with van der Waals surface area (Å²) in [5, 5.41) is 2.98. The van der Waals surface area contributed by atoms with Gasteiger partial charge in [-0.25, -0.2) is 14.4 Å². The van der Waals surface area contributed by atoms with Crippen LogP contribution in [-0.4, -0.2) is 22.4 Å². The number of benzene rings is 1. The van der Waals surface area contributed by atoms with Gasteiger partial charge in [-0.15, -0.1) is 0 Å². The number of nitrogen functional groups attached to an aromatic ring is 1. The standard InChI is InChI=1S/C18H21FN4O/c1-12-15(10-21-17(20)23-12)16(24)22-11-18(7-2-3-8-18)13-5-4-6-14(19)9-13/h4-6,9-10H,2-3,7-8,11H2,1H3,(H,22,24)(H2,20,21,23). The van der Waals surface area contributed by atoms with Crippen molar-refractivity contribution in [2.75, 3.05) is 12.3 Å². The molecule has 0 spiro atoms. The van der Waals surface area contributed by atoms with Crippen LogP contribution in [0.2, 0.25) is 0 Å². The number of nitrogens with two attached hydrogens (primary N) is 1. The van der Waals surface area contributed by atoms with E-state index < -0.39 is 0 Å². The highest BCUT2D eigenvalue weighted by Crippen LogP contribution is 2.40. The Morgan fingerprint density at radius 1 is 1.38 bits per heavy atom. The fraction of sp³-hybridized carbons (Fsp3) is 0.389. The monoisotopic (exact) mass is 328 g/mol. The van der Waals surface area contributed by atoms with Crippen molar-refractivity contribution in [3.63, 3.8) is 0 Å². The quantitative estimate of drug-likeness (QED) is 0.904. The highest BCUT2D eigenvalue weighted by molar-refractivity contribution is 5.95. The molecule has 2 aromatic rings. The number of rotatable bonds is 4. The molecule has 1 amide bonds. The molecule has 126 valence electrons. The lowest BCUT2D eigenvalue weighted by Gasteiger charge is -2.30. The van der Waals surface area contributed by atoms with Crippen molar-refractivity contribution in [1.29, 1.82) is 0 Å². The molecule has 0 radical (unpaired) electrons. The number of halogens is 1. The van der Waals surface area contributed by atoms with Crippen molar-refractivity contribution >= 4 is 11.9 Å². The van der Waals surface area contributed by atoms with Crippen molar-refractivity contribution in [3.05, 3.63) is 53.1 Å². The number of nitrogens with zero attached hydrogens (tertiary/aromatic N) is 2. The summed E-state index contributed by atoms with van der Waals surface area (Å²) in [6.07, 6.45) is 5.48. The van der Waals surface area contributed by atoms with Crippen LogP contribution in [0.1, 0.15) is 47.3 Å². The lowest BCUT2D eigenvalue weighted by atomic mass is 9.78. The van der Waals surface area contributed by atoms with Gasteiger partial charge in [-0.3, -0.25) is 4.79 Å². The van der Waals surface area contributed by atoms with Crippen LogP contribution in [0.3, 0.4) is 0 Å². The minimum atomic E-state index is -0.243. The summed E-state index contributed by atoms with van der Waals surface area (Å²) in [6, 6.07) is 6.69. The van der Waals surface area contributed by atoms with Crippen LogP contribution in [-0.2, 0) is 5.41 Å². The highest BCUT2D eigenvalue weighted by Gasteiger charge is 2.36. The average molecular weight is 328 g/mol. The first-order valence-electron chi connectivity index (χ1n) is 8.14. The molecule has 24 heavy (non-hydrogen) atoms. The minimum Gasteiger partial charge on any atom is -0.368 e. The van der Waals surface area contributed by atoms with Gasteiger partial charge >= 0.3 is 0 Å². The van der Waals surface area contributed by atoms with Crippen LogP contribution in [0.4, 0.5) is 10.3 Å². The number of aryl methyl sites for hydroxylation is 1. The number of aromatic nitrogens is 2. The largest absolute Gasteiger partial charge is 0.368 e. The molecule has 0 atom stereocenters. The number of nitrogens with one attached hydrogen (secondary N) is 1. The number of hydrogen-bond donors (Lipinski definition) is 2. The second-order valence-corrected chi connectivity index (χ2v) is 6.41. The number of amides is 1. The van der Waals surface area contributed by atoms with E-state index >= 15 is 0 Å². The first kappa shape index (κ1) is 16.4. The summed E-state index contributed by atoms with van der Waals surface area (Å²) >= 11 is 0. The molecule has 1 fully saturated rings. The van der Waals surface area contributed by atoms with E-state index in [4.69, 9.17) is 5.73 Å². The molecule has 0 bridgehead atoms. The van der Waals surface area contributed by atoms with Gasteiger partial charge in [0.15, 0.2) is 0 Å². The zero-order valence-corrected chi connectivity index (χ0v) is 13.7. The lowest BCUT2D eigenvalue weighted by Crippen LogP contribution is -2.39. The maximum Gasteiger partial charge on any atom is 0.254 e. The summed E-state index contributed by atoms with van der Waals surface area (Å²) in [5.41, 5.74) is 7.23. The fourth-order valence-electron chi connectivity index (χ4n) is 3.49. The fourth-order valence-corrected chi connectivity index (χ4v) is 3.49. The normalized spacial score (nSPS) is 16.1. The zero-order chi connectivity index (χ0) is 17.2. The van der Waals surface area contributed by atoms with Gasteiger partial charge in [-0.1, -0.05) is 25.0 Å². The molecule has 1 aliphatic rings. The summed E-state index contributed by atoms with van der Waals surface area (Å²) in [5.74, 6) is -0.320. The lowest BCUT2D eigenvalue weighted by molar-refractivity contribution is 0.0941. The van der Waals surface area contributed by atoms with Crippen LogP contribution in [0.25, 0.3) is 0 Å². The van der Waals surface area contributed by atoms with Crippen LogP contribution in [0, 0.1) is 12.7 Å². The molecular weight excluding hydrogens is 307 g/mol. The van der Waals surface area contributed by atoms with Gasteiger partial charge in [-0.05, 0) is 37.5 Å². The van der Waals surface area contributed by atoms with E-state index in [1.807, 2.05) is 6.07 Å². The van der Waals surface area contributed by atoms with Crippen LogP contribution >= 0.6 is 0 Å². The maximum atomic E-state index is 13.6. The van der Waals surface area contributed by atoms with Crippen LogP contribution < -0.4 is 11.1 Å². The molecule has 1 saturated carbocycles. The molecule has 3 rings (SSSR count). The van der Waals surface area contributed by atoms with Gasteiger partial charge in [0.25, 0.3) is 5.91 Å². The molecule has 6 heteroatoms. The summed E-state index contributed by atoms with van der Waals surface area (Å²) < 4.78 is 13.6. The van der Waals surface area contributed by atoms with E-state index in [-0.39, 0.29) is 23.1 Å². The summed E-state index contributed by atoms with van der Waals surface area (Å²) in [4.78, 5) is 20.4. The van der Waals surface area contributed by atoms with Gasteiger partial charge in [0.1, 0.15) is 5.82 Å². The number of carbonyl (C=O) groups excluding carboxylic acids is 1.